The van der Waals surface area contributed by atoms with Crippen molar-refractivity contribution in [2.45, 2.75) is 12.0 Å². The summed E-state index contributed by atoms with van der Waals surface area (Å²) in [5, 5.41) is 6.79. The van der Waals surface area contributed by atoms with Gasteiger partial charge in [-0.3, -0.25) is 4.79 Å². The number of alkyl halides is 1. The van der Waals surface area contributed by atoms with Crippen LogP contribution in [-0.2, 0) is 14.3 Å². The second-order valence-electron chi connectivity index (χ2n) is 2.64. The zero-order valence-electron chi connectivity index (χ0n) is 6.58. The predicted octanol–water partition coefficient (Wildman–Crippen LogP) is 1.32. The molecule has 1 heterocycles. The molecule has 1 aliphatic heterocycles. The lowest BCUT2D eigenvalue weighted by Crippen LogP contribution is -2.34. The van der Waals surface area contributed by atoms with Crippen molar-refractivity contribution < 1.29 is 19.4 Å². The van der Waals surface area contributed by atoms with Gasteiger partial charge in [0.1, 0.15) is 11.0 Å². The van der Waals surface area contributed by atoms with E-state index in [9.17, 15) is 9.59 Å². The van der Waals surface area contributed by atoms with Crippen molar-refractivity contribution in [3.05, 3.63) is 11.1 Å². The fraction of sp³-hybridized carbons (Fsp3) is 0.429. The average Bonchev–Trinajstić information content (AvgIpc) is 2.26. The van der Waals surface area contributed by atoms with Crippen LogP contribution in [0.5, 0.6) is 0 Å². The predicted molar refractivity (Wildman–Crippen MR) is 45.4 cm³/mol. The molecule has 0 aromatic carbocycles. The first-order valence-electron chi connectivity index (χ1n) is 3.40. The van der Waals surface area contributed by atoms with E-state index < -0.39 is 22.9 Å². The molecule has 0 amide bonds. The van der Waals surface area contributed by atoms with Gasteiger partial charge in [0.05, 0.1) is 0 Å². The Kier molecular flexibility index (Phi) is 2.54. The molecule has 1 rings (SSSR count). The Morgan fingerprint density at radius 2 is 2.31 bits per heavy atom. The van der Waals surface area contributed by atoms with Crippen molar-refractivity contribution in [1.29, 1.82) is 0 Å². The molecule has 2 atom stereocenters. The van der Waals surface area contributed by atoms with E-state index in [-0.39, 0.29) is 5.03 Å². The summed E-state index contributed by atoms with van der Waals surface area (Å²) in [7, 11) is 0. The lowest BCUT2D eigenvalue weighted by molar-refractivity contribution is -0.152. The smallest absolute Gasteiger partial charge is 0.351 e. The fourth-order valence-corrected chi connectivity index (χ4v) is 1.36. The first-order chi connectivity index (χ1) is 5.87. The number of aliphatic carboxylic acids is 1. The lowest BCUT2D eigenvalue weighted by atomic mass is 10.1. The molecule has 4 nitrogen and oxygen atoms in total. The monoisotopic (exact) mass is 224 g/mol. The van der Waals surface area contributed by atoms with Gasteiger partial charge < -0.3 is 9.84 Å². The molecule has 0 radical (unpaired) electrons. The van der Waals surface area contributed by atoms with Crippen LogP contribution >= 0.6 is 23.2 Å². The molecule has 2 unspecified atom stereocenters. The molecule has 1 aliphatic rings. The molecule has 0 aromatic heterocycles. The molecule has 0 aromatic rings. The summed E-state index contributed by atoms with van der Waals surface area (Å²) in [4.78, 5) is 21.4. The highest BCUT2D eigenvalue weighted by Gasteiger charge is 2.46. The number of carboxylic acid groups (broad SMARTS) is 1. The average molecular weight is 225 g/mol. The van der Waals surface area contributed by atoms with Crippen LogP contribution in [0, 0.1) is 5.92 Å². The van der Waals surface area contributed by atoms with Crippen LogP contribution in [0.3, 0.4) is 0 Å². The topological polar surface area (TPSA) is 63.6 Å². The second-order valence-corrected chi connectivity index (χ2v) is 3.64. The van der Waals surface area contributed by atoms with Gasteiger partial charge in [-0.15, -0.1) is 0 Å². The van der Waals surface area contributed by atoms with E-state index in [4.69, 9.17) is 28.3 Å². The van der Waals surface area contributed by atoms with Gasteiger partial charge >= 0.3 is 11.9 Å². The van der Waals surface area contributed by atoms with E-state index in [1.165, 1.54) is 6.92 Å². The maximum Gasteiger partial charge on any atom is 0.351 e. The summed E-state index contributed by atoms with van der Waals surface area (Å²) in [6.07, 6.45) is 1.09. The first-order valence-corrected chi connectivity index (χ1v) is 4.16. The fourth-order valence-electron chi connectivity index (χ4n) is 0.834. The molecule has 0 saturated carbocycles. The van der Waals surface area contributed by atoms with E-state index in [2.05, 4.69) is 4.74 Å². The Balaban J connectivity index is 2.93. The highest BCUT2D eigenvalue weighted by Crippen LogP contribution is 2.37. The van der Waals surface area contributed by atoms with Crippen LogP contribution in [-0.4, -0.2) is 22.1 Å². The van der Waals surface area contributed by atoms with Crippen molar-refractivity contribution in [1.82, 2.24) is 0 Å². The normalized spacial score (nSPS) is 29.5. The summed E-state index contributed by atoms with van der Waals surface area (Å²) >= 11 is 11.1. The van der Waals surface area contributed by atoms with Gasteiger partial charge in [-0.1, -0.05) is 23.2 Å². The first kappa shape index (κ1) is 10.3. The summed E-state index contributed by atoms with van der Waals surface area (Å²) < 4.78 is 4.61. The van der Waals surface area contributed by atoms with E-state index in [1.807, 2.05) is 0 Å². The van der Waals surface area contributed by atoms with Gasteiger partial charge in [0.15, 0.2) is 0 Å². The van der Waals surface area contributed by atoms with Crippen molar-refractivity contribution in [3.8, 4) is 0 Å². The van der Waals surface area contributed by atoms with Crippen LogP contribution in [0.2, 0.25) is 0 Å². The third kappa shape index (κ3) is 1.78. The number of esters is 1. The number of ether oxygens (including phenoxy) is 1. The van der Waals surface area contributed by atoms with E-state index in [1.54, 1.807) is 0 Å². The Morgan fingerprint density at radius 3 is 2.62 bits per heavy atom. The minimum atomic E-state index is -1.65. The number of hydrogen-bond acceptors (Lipinski definition) is 3. The molecule has 0 bridgehead atoms. The van der Waals surface area contributed by atoms with Crippen LogP contribution in [0.15, 0.2) is 11.1 Å². The largest absolute Gasteiger partial charge is 0.481 e. The van der Waals surface area contributed by atoms with E-state index in [0.717, 1.165) is 6.08 Å². The number of hydrogen-bond donors (Lipinski definition) is 1. The van der Waals surface area contributed by atoms with Crippen molar-refractivity contribution in [2.75, 3.05) is 0 Å². The molecule has 0 saturated heterocycles. The molecule has 72 valence electrons. The molecule has 0 aliphatic carbocycles. The summed E-state index contributed by atoms with van der Waals surface area (Å²) in [6, 6.07) is 0. The highest BCUT2D eigenvalue weighted by atomic mass is 35.5. The minimum absolute atomic E-state index is 0.192. The van der Waals surface area contributed by atoms with Crippen molar-refractivity contribution in [3.63, 3.8) is 0 Å². The van der Waals surface area contributed by atoms with E-state index >= 15 is 0 Å². The van der Waals surface area contributed by atoms with Crippen LogP contribution in [0.4, 0.5) is 0 Å². The number of carbonyl (C=O) groups excluding carboxylic acids is 1. The Morgan fingerprint density at radius 1 is 1.77 bits per heavy atom. The molecular formula is C7H6Cl2O4. The highest BCUT2D eigenvalue weighted by molar-refractivity contribution is 6.43. The molecule has 13 heavy (non-hydrogen) atoms. The van der Waals surface area contributed by atoms with Crippen molar-refractivity contribution >= 4 is 35.1 Å². The number of carbonyl (C=O) groups is 2. The SMILES string of the molecule is CC(C(=O)O)C1(Cl)C=C(Cl)C(=O)O1. The van der Waals surface area contributed by atoms with Gasteiger partial charge in [0.2, 0.25) is 5.06 Å². The molecular weight excluding hydrogens is 219 g/mol. The van der Waals surface area contributed by atoms with Gasteiger partial charge in [-0.25, -0.2) is 4.79 Å². The standard InChI is InChI=1S/C7H6Cl2O4/c1-3(5(10)11)7(9)2-4(8)6(12)13-7/h2-3H,1H3,(H,10,11). The van der Waals surface area contributed by atoms with Gasteiger partial charge in [0, 0.05) is 6.08 Å². The Bertz CT molecular complexity index is 299. The number of carboxylic acids is 1. The quantitative estimate of drug-likeness (QED) is 0.568. The molecule has 6 heteroatoms. The van der Waals surface area contributed by atoms with Gasteiger partial charge in [-0.05, 0) is 6.92 Å². The Labute approximate surface area is 84.1 Å². The van der Waals surface area contributed by atoms with Crippen LogP contribution < -0.4 is 0 Å². The third-order valence-corrected chi connectivity index (χ3v) is 2.51. The summed E-state index contributed by atoms with van der Waals surface area (Å²) in [5.41, 5.74) is 0. The maximum atomic E-state index is 10.8. The van der Waals surface area contributed by atoms with E-state index in [0.29, 0.717) is 0 Å². The lowest BCUT2D eigenvalue weighted by Gasteiger charge is -2.22. The second kappa shape index (κ2) is 3.20. The molecule has 0 spiro atoms. The van der Waals surface area contributed by atoms with Gasteiger partial charge in [-0.2, -0.15) is 0 Å². The maximum absolute atomic E-state index is 10.8. The van der Waals surface area contributed by atoms with Crippen LogP contribution in [0.25, 0.3) is 0 Å². The number of halogens is 2. The Hall–Kier alpha value is -0.740. The number of cyclic esters (lactones) is 1. The summed E-state index contributed by atoms with van der Waals surface area (Å²) in [6.45, 7) is 1.33. The van der Waals surface area contributed by atoms with Crippen LogP contribution in [0.1, 0.15) is 6.92 Å². The zero-order valence-corrected chi connectivity index (χ0v) is 8.09. The minimum Gasteiger partial charge on any atom is -0.481 e. The van der Waals surface area contributed by atoms with Gasteiger partial charge in [0.25, 0.3) is 0 Å². The zero-order chi connectivity index (χ0) is 10.2. The molecule has 1 N–H and O–H groups in total. The number of rotatable bonds is 2. The van der Waals surface area contributed by atoms with Crippen molar-refractivity contribution in [2.24, 2.45) is 5.92 Å². The summed E-state index contributed by atoms with van der Waals surface area (Å²) in [5.74, 6) is -3.01. The molecule has 0 fully saturated rings. The third-order valence-electron chi connectivity index (χ3n) is 1.73.